The summed E-state index contributed by atoms with van der Waals surface area (Å²) >= 11 is 4.28. The molecule has 1 aromatic heterocycles. The highest BCUT2D eigenvalue weighted by Gasteiger charge is 1.88. The quantitative estimate of drug-likeness (QED) is 0.520. The summed E-state index contributed by atoms with van der Waals surface area (Å²) in [4.78, 5) is 17.6. The van der Waals surface area contributed by atoms with Crippen molar-refractivity contribution in [3.63, 3.8) is 0 Å². The Balaban J connectivity index is 2.98. The molecule has 0 amide bonds. The van der Waals surface area contributed by atoms with Crippen LogP contribution >= 0.6 is 0 Å². The second-order valence-corrected chi connectivity index (χ2v) is 1.73. The zero-order chi connectivity index (χ0) is 6.69. The van der Waals surface area contributed by atoms with Gasteiger partial charge in [-0.25, -0.2) is 9.97 Å². The van der Waals surface area contributed by atoms with Crippen LogP contribution in [0.5, 0.6) is 0 Å². The molecule has 46 valence electrons. The van der Waals surface area contributed by atoms with E-state index in [1.165, 1.54) is 12.4 Å². The summed E-state index contributed by atoms with van der Waals surface area (Å²) in [7, 11) is 0. The number of nitrogens with zero attached hydrogens (tertiary/aromatic N) is 2. The molecule has 0 atom stereocenters. The fraction of sp³-hybridized carbons (Fsp3) is 0. The predicted octanol–water partition coefficient (Wildman–Crippen LogP) is 0.164. The average Bonchev–Trinajstić information content (AvgIpc) is 1.90. The topological polar surface area (TPSA) is 42.9 Å². The number of hydrogen-bond donors (Lipinski definition) is 0. The summed E-state index contributed by atoms with van der Waals surface area (Å²) in [6, 6.07) is 1.63. The minimum Gasteiger partial charge on any atom is -0.734 e. The highest BCUT2D eigenvalue weighted by atomic mass is 32.1. The first-order chi connectivity index (χ1) is 4.30. The van der Waals surface area contributed by atoms with Crippen molar-refractivity contribution in [1.29, 1.82) is 0 Å². The Morgan fingerprint density at radius 3 is 2.33 bits per heavy atom. The zero-order valence-corrected chi connectivity index (χ0v) is 5.26. The monoisotopic (exact) mass is 139 g/mol. The van der Waals surface area contributed by atoms with E-state index in [9.17, 15) is 4.79 Å². The Labute approximate surface area is 57.6 Å². The second kappa shape index (κ2) is 2.50. The molecule has 9 heavy (non-hydrogen) atoms. The molecule has 1 aromatic rings. The van der Waals surface area contributed by atoms with Gasteiger partial charge in [0.1, 0.15) is 0 Å². The minimum atomic E-state index is -0.518. The van der Waals surface area contributed by atoms with Gasteiger partial charge in [0.2, 0.25) is 0 Å². The van der Waals surface area contributed by atoms with Crippen LogP contribution in [0.25, 0.3) is 0 Å². The lowest BCUT2D eigenvalue weighted by Gasteiger charge is -1.97. The fourth-order valence-corrected chi connectivity index (χ4v) is 0.510. The molecule has 0 N–H and O–H groups in total. The molecule has 0 unspecified atom stereocenters. The maximum Gasteiger partial charge on any atom is 0.172 e. The van der Waals surface area contributed by atoms with Gasteiger partial charge in [-0.3, -0.25) is 0 Å². The van der Waals surface area contributed by atoms with Gasteiger partial charge in [-0.05, 0) is 6.07 Å². The number of aromatic nitrogens is 2. The van der Waals surface area contributed by atoms with Crippen LogP contribution in [-0.4, -0.2) is 15.1 Å². The Morgan fingerprint density at radius 2 is 2.00 bits per heavy atom. The maximum absolute atomic E-state index is 10.3. The summed E-state index contributed by atoms with van der Waals surface area (Å²) in [6.07, 6.45) is 2.96. The highest BCUT2D eigenvalue weighted by Crippen LogP contribution is 1.85. The van der Waals surface area contributed by atoms with E-state index in [0.717, 1.165) is 0 Å². The fourth-order valence-electron chi connectivity index (χ4n) is 0.405. The molecule has 3 nitrogen and oxygen atoms in total. The van der Waals surface area contributed by atoms with Crippen molar-refractivity contribution in [2.75, 3.05) is 0 Å². The van der Waals surface area contributed by atoms with Gasteiger partial charge >= 0.3 is 0 Å². The molecule has 0 saturated heterocycles. The third-order valence-electron chi connectivity index (χ3n) is 0.748. The van der Waals surface area contributed by atoms with E-state index in [1.54, 1.807) is 6.07 Å². The highest BCUT2D eigenvalue weighted by molar-refractivity contribution is 7.77. The number of carbonyl (C=O) groups excluding carboxylic acids is 1. The standard InChI is InChI=1S/C5H4N2OS/c8-5(9)4-6-2-1-3-7-4/h1-3H,(H,8,9)/p-1. The van der Waals surface area contributed by atoms with Crippen LogP contribution in [0.15, 0.2) is 18.5 Å². The van der Waals surface area contributed by atoms with Crippen molar-refractivity contribution in [3.8, 4) is 0 Å². The first-order valence-electron chi connectivity index (χ1n) is 2.29. The third kappa shape index (κ3) is 1.43. The molecule has 0 aromatic carbocycles. The summed E-state index contributed by atoms with van der Waals surface area (Å²) in [5.41, 5.74) is 0. The van der Waals surface area contributed by atoms with Crippen molar-refractivity contribution in [3.05, 3.63) is 24.3 Å². The molecule has 4 heteroatoms. The lowest BCUT2D eigenvalue weighted by molar-refractivity contribution is 0.108. The van der Waals surface area contributed by atoms with Crippen LogP contribution in [0.1, 0.15) is 10.6 Å². The van der Waals surface area contributed by atoms with Crippen LogP contribution in [-0.2, 0) is 12.6 Å². The molecule has 0 fully saturated rings. The van der Waals surface area contributed by atoms with Gasteiger partial charge in [0, 0.05) is 12.4 Å². The first kappa shape index (κ1) is 6.10. The normalized spacial score (nSPS) is 8.89. The second-order valence-electron chi connectivity index (χ2n) is 1.36. The first-order valence-corrected chi connectivity index (χ1v) is 2.70. The molecular weight excluding hydrogens is 136 g/mol. The Morgan fingerprint density at radius 1 is 1.44 bits per heavy atom. The Kier molecular flexibility index (Phi) is 1.69. The number of hydrogen-bond acceptors (Lipinski definition) is 4. The van der Waals surface area contributed by atoms with Crippen molar-refractivity contribution in [1.82, 2.24) is 9.97 Å². The van der Waals surface area contributed by atoms with Gasteiger partial charge in [0.05, 0.1) is 5.12 Å². The van der Waals surface area contributed by atoms with E-state index in [4.69, 9.17) is 0 Å². The largest absolute Gasteiger partial charge is 0.734 e. The number of carbonyl (C=O) groups is 1. The molecule has 0 bridgehead atoms. The van der Waals surface area contributed by atoms with Gasteiger partial charge < -0.3 is 17.4 Å². The van der Waals surface area contributed by atoms with Crippen molar-refractivity contribution >= 4 is 17.7 Å². The average molecular weight is 139 g/mol. The molecule has 0 aliphatic carbocycles. The van der Waals surface area contributed by atoms with E-state index in [0.29, 0.717) is 0 Å². The zero-order valence-electron chi connectivity index (χ0n) is 4.44. The van der Waals surface area contributed by atoms with Crippen LogP contribution in [0.3, 0.4) is 0 Å². The molecule has 0 radical (unpaired) electrons. The van der Waals surface area contributed by atoms with E-state index in [2.05, 4.69) is 22.6 Å². The van der Waals surface area contributed by atoms with Crippen LogP contribution in [0, 0.1) is 0 Å². The SMILES string of the molecule is O=C([S-])c1ncccn1. The van der Waals surface area contributed by atoms with E-state index >= 15 is 0 Å². The van der Waals surface area contributed by atoms with Gasteiger partial charge in [-0.1, -0.05) is 0 Å². The van der Waals surface area contributed by atoms with Crippen LogP contribution in [0.2, 0.25) is 0 Å². The van der Waals surface area contributed by atoms with Gasteiger partial charge in [0.15, 0.2) is 5.82 Å². The lowest BCUT2D eigenvalue weighted by atomic mass is 10.6. The van der Waals surface area contributed by atoms with Crippen molar-refractivity contribution in [2.24, 2.45) is 0 Å². The molecule has 0 aliphatic rings. The molecular formula is C5H3N2OS-. The molecule has 1 rings (SSSR count). The van der Waals surface area contributed by atoms with E-state index in [-0.39, 0.29) is 5.82 Å². The van der Waals surface area contributed by atoms with E-state index in [1.807, 2.05) is 0 Å². The minimum absolute atomic E-state index is 0.0903. The maximum atomic E-state index is 10.3. The third-order valence-corrected chi connectivity index (χ3v) is 0.931. The summed E-state index contributed by atoms with van der Waals surface area (Å²) in [6.45, 7) is 0. The smallest absolute Gasteiger partial charge is 0.172 e. The summed E-state index contributed by atoms with van der Waals surface area (Å²) in [5.74, 6) is 0.0903. The summed E-state index contributed by atoms with van der Waals surface area (Å²) in [5, 5.41) is -0.518. The van der Waals surface area contributed by atoms with Gasteiger partial charge in [-0.15, -0.1) is 0 Å². The molecule has 0 saturated carbocycles. The van der Waals surface area contributed by atoms with Gasteiger partial charge in [0.25, 0.3) is 0 Å². The molecule has 1 heterocycles. The van der Waals surface area contributed by atoms with Crippen molar-refractivity contribution < 1.29 is 4.79 Å². The van der Waals surface area contributed by atoms with Crippen molar-refractivity contribution in [2.45, 2.75) is 0 Å². The summed E-state index contributed by atoms with van der Waals surface area (Å²) < 4.78 is 0. The Bertz CT molecular complexity index is 211. The lowest BCUT2D eigenvalue weighted by Crippen LogP contribution is -1.99. The predicted molar refractivity (Wildman–Crippen MR) is 33.7 cm³/mol. The van der Waals surface area contributed by atoms with Gasteiger partial charge in [-0.2, -0.15) is 0 Å². The molecule has 0 spiro atoms. The number of rotatable bonds is 1. The Hall–Kier alpha value is -1.03. The van der Waals surface area contributed by atoms with E-state index < -0.39 is 5.12 Å². The molecule has 0 aliphatic heterocycles. The van der Waals surface area contributed by atoms with Crippen LogP contribution < -0.4 is 0 Å². The van der Waals surface area contributed by atoms with Crippen LogP contribution in [0.4, 0.5) is 0 Å².